The SMILES string of the molecule is FC(F)(F)c1nc(C2CC3CCC2O3)nc2c1CCNC2. The number of alkyl halides is 3. The van der Waals surface area contributed by atoms with Gasteiger partial charge in [-0.2, -0.15) is 13.2 Å². The van der Waals surface area contributed by atoms with E-state index in [1.165, 1.54) is 0 Å². The Morgan fingerprint density at radius 3 is 2.71 bits per heavy atom. The van der Waals surface area contributed by atoms with Crippen LogP contribution >= 0.6 is 0 Å². The van der Waals surface area contributed by atoms with Gasteiger partial charge < -0.3 is 10.1 Å². The highest BCUT2D eigenvalue weighted by Crippen LogP contribution is 2.44. The van der Waals surface area contributed by atoms with Gasteiger partial charge in [-0.25, -0.2) is 9.97 Å². The zero-order chi connectivity index (χ0) is 14.6. The standard InChI is InChI=1S/C14H16F3N3O/c15-14(16,17)12-8-3-4-18-6-10(8)19-13(20-12)9-5-7-1-2-11(9)21-7/h7,9,11,18H,1-6H2. The van der Waals surface area contributed by atoms with Gasteiger partial charge in [-0.1, -0.05) is 0 Å². The van der Waals surface area contributed by atoms with Crippen LogP contribution < -0.4 is 5.32 Å². The topological polar surface area (TPSA) is 47.0 Å². The van der Waals surface area contributed by atoms with E-state index in [4.69, 9.17) is 4.74 Å². The Bertz CT molecular complexity index is 575. The van der Waals surface area contributed by atoms with Crippen molar-refractivity contribution in [3.05, 3.63) is 22.8 Å². The average molecular weight is 299 g/mol. The number of aromatic nitrogens is 2. The fraction of sp³-hybridized carbons (Fsp3) is 0.714. The van der Waals surface area contributed by atoms with Gasteiger partial charge in [-0.05, 0) is 32.2 Å². The summed E-state index contributed by atoms with van der Waals surface area (Å²) in [5, 5.41) is 3.08. The molecule has 0 saturated carbocycles. The minimum atomic E-state index is -4.42. The Kier molecular flexibility index (Phi) is 2.97. The fourth-order valence-electron chi connectivity index (χ4n) is 3.69. The van der Waals surface area contributed by atoms with Gasteiger partial charge in [0.15, 0.2) is 5.69 Å². The molecule has 0 radical (unpaired) electrons. The van der Waals surface area contributed by atoms with Gasteiger partial charge in [0.25, 0.3) is 0 Å². The van der Waals surface area contributed by atoms with Crippen molar-refractivity contribution in [1.29, 1.82) is 0 Å². The van der Waals surface area contributed by atoms with E-state index < -0.39 is 11.9 Å². The first-order valence-corrected chi connectivity index (χ1v) is 7.35. The number of fused-ring (bicyclic) bond motifs is 3. The van der Waals surface area contributed by atoms with Crippen LogP contribution in [0.15, 0.2) is 0 Å². The Balaban J connectivity index is 1.78. The molecule has 0 spiro atoms. The predicted octanol–water partition coefficient (Wildman–Crippen LogP) is 2.18. The van der Waals surface area contributed by atoms with E-state index >= 15 is 0 Å². The number of ether oxygens (including phenoxy) is 1. The molecule has 1 aromatic rings. The molecule has 2 bridgehead atoms. The van der Waals surface area contributed by atoms with E-state index in [1.807, 2.05) is 0 Å². The van der Waals surface area contributed by atoms with E-state index in [2.05, 4.69) is 15.3 Å². The monoisotopic (exact) mass is 299 g/mol. The zero-order valence-electron chi connectivity index (χ0n) is 11.4. The van der Waals surface area contributed by atoms with Crippen LogP contribution in [0.25, 0.3) is 0 Å². The third-order valence-corrected chi connectivity index (χ3v) is 4.66. The summed E-state index contributed by atoms with van der Waals surface area (Å²) in [6.07, 6.45) is -1.28. The molecular formula is C14H16F3N3O. The van der Waals surface area contributed by atoms with Crippen LogP contribution in [-0.2, 0) is 23.9 Å². The number of rotatable bonds is 1. The van der Waals surface area contributed by atoms with Crippen LogP contribution in [0.2, 0.25) is 0 Å². The summed E-state index contributed by atoms with van der Waals surface area (Å²) in [7, 11) is 0. The highest BCUT2D eigenvalue weighted by Gasteiger charge is 2.45. The van der Waals surface area contributed by atoms with Crippen LogP contribution in [0.3, 0.4) is 0 Å². The van der Waals surface area contributed by atoms with Crippen LogP contribution in [0.1, 0.15) is 48.0 Å². The Labute approximate surface area is 120 Å². The summed E-state index contributed by atoms with van der Waals surface area (Å²) in [5.74, 6) is 0.231. The summed E-state index contributed by atoms with van der Waals surface area (Å²) in [6, 6.07) is 0. The summed E-state index contributed by atoms with van der Waals surface area (Å²) in [5.41, 5.74) is 0.0159. The first kappa shape index (κ1) is 13.5. The molecule has 0 amide bonds. The van der Waals surface area contributed by atoms with Crippen molar-refractivity contribution in [1.82, 2.24) is 15.3 Å². The lowest BCUT2D eigenvalue weighted by Gasteiger charge is -2.24. The molecule has 4 heterocycles. The van der Waals surface area contributed by atoms with Crippen molar-refractivity contribution in [2.45, 2.75) is 56.5 Å². The first-order valence-electron chi connectivity index (χ1n) is 7.35. The van der Waals surface area contributed by atoms with E-state index in [1.54, 1.807) is 0 Å². The molecule has 0 aromatic carbocycles. The average Bonchev–Trinajstić information content (AvgIpc) is 3.07. The summed E-state index contributed by atoms with van der Waals surface area (Å²) < 4.78 is 45.6. The van der Waals surface area contributed by atoms with E-state index in [0.29, 0.717) is 31.0 Å². The lowest BCUT2D eigenvalue weighted by atomic mass is 9.88. The second-order valence-electron chi connectivity index (χ2n) is 6.00. The van der Waals surface area contributed by atoms with E-state index in [-0.39, 0.29) is 23.7 Å². The van der Waals surface area contributed by atoms with Crippen molar-refractivity contribution >= 4 is 0 Å². The molecule has 2 saturated heterocycles. The molecule has 4 nitrogen and oxygen atoms in total. The van der Waals surface area contributed by atoms with Crippen molar-refractivity contribution in [2.24, 2.45) is 0 Å². The minimum absolute atomic E-state index is 0.00863. The van der Waals surface area contributed by atoms with Gasteiger partial charge >= 0.3 is 6.18 Å². The molecule has 3 atom stereocenters. The molecule has 2 fully saturated rings. The number of halogens is 3. The smallest absolute Gasteiger partial charge is 0.374 e. The van der Waals surface area contributed by atoms with E-state index in [9.17, 15) is 13.2 Å². The molecule has 1 aromatic heterocycles. The molecule has 1 N–H and O–H groups in total. The molecule has 3 unspecified atom stereocenters. The number of hydrogen-bond donors (Lipinski definition) is 1. The molecule has 21 heavy (non-hydrogen) atoms. The van der Waals surface area contributed by atoms with Crippen molar-refractivity contribution in [2.75, 3.05) is 6.54 Å². The quantitative estimate of drug-likeness (QED) is 0.863. The lowest BCUT2D eigenvalue weighted by molar-refractivity contribution is -0.142. The maximum absolute atomic E-state index is 13.3. The number of hydrogen-bond acceptors (Lipinski definition) is 4. The largest absolute Gasteiger partial charge is 0.433 e. The maximum atomic E-state index is 13.3. The third-order valence-electron chi connectivity index (χ3n) is 4.66. The lowest BCUT2D eigenvalue weighted by Crippen LogP contribution is -2.30. The highest BCUT2D eigenvalue weighted by atomic mass is 19.4. The second kappa shape index (κ2) is 4.64. The Morgan fingerprint density at radius 2 is 2.05 bits per heavy atom. The second-order valence-corrected chi connectivity index (χ2v) is 6.00. The maximum Gasteiger partial charge on any atom is 0.433 e. The van der Waals surface area contributed by atoms with Crippen molar-refractivity contribution in [3.8, 4) is 0 Å². The normalized spacial score (nSPS) is 31.5. The zero-order valence-corrected chi connectivity index (χ0v) is 11.4. The van der Waals surface area contributed by atoms with Crippen LogP contribution in [0.4, 0.5) is 13.2 Å². The van der Waals surface area contributed by atoms with Crippen LogP contribution in [0, 0.1) is 0 Å². The molecule has 4 rings (SSSR count). The van der Waals surface area contributed by atoms with Crippen molar-refractivity contribution < 1.29 is 17.9 Å². The van der Waals surface area contributed by atoms with Gasteiger partial charge in [-0.3, -0.25) is 0 Å². The van der Waals surface area contributed by atoms with Crippen LogP contribution in [0.5, 0.6) is 0 Å². The number of nitrogens with zero attached hydrogens (tertiary/aromatic N) is 2. The summed E-state index contributed by atoms with van der Waals surface area (Å²) in [4.78, 5) is 8.35. The molecule has 114 valence electrons. The number of nitrogens with one attached hydrogen (secondary N) is 1. The van der Waals surface area contributed by atoms with E-state index in [0.717, 1.165) is 19.3 Å². The van der Waals surface area contributed by atoms with Gasteiger partial charge in [0.05, 0.1) is 17.9 Å². The molecule has 3 aliphatic heterocycles. The predicted molar refractivity (Wildman–Crippen MR) is 67.7 cm³/mol. The highest BCUT2D eigenvalue weighted by molar-refractivity contribution is 5.31. The van der Waals surface area contributed by atoms with Crippen molar-refractivity contribution in [3.63, 3.8) is 0 Å². The minimum Gasteiger partial charge on any atom is -0.374 e. The third kappa shape index (κ3) is 2.23. The Hall–Kier alpha value is -1.21. The molecule has 7 heteroatoms. The molecule has 0 aliphatic carbocycles. The molecular weight excluding hydrogens is 283 g/mol. The van der Waals surface area contributed by atoms with Gasteiger partial charge in [0.1, 0.15) is 5.82 Å². The fourth-order valence-corrected chi connectivity index (χ4v) is 3.69. The summed E-state index contributed by atoms with van der Waals surface area (Å²) in [6.45, 7) is 0.922. The Morgan fingerprint density at radius 1 is 1.19 bits per heavy atom. The summed E-state index contributed by atoms with van der Waals surface area (Å²) >= 11 is 0. The molecule has 3 aliphatic rings. The van der Waals surface area contributed by atoms with Gasteiger partial charge in [-0.15, -0.1) is 0 Å². The van der Waals surface area contributed by atoms with Crippen LogP contribution in [-0.4, -0.2) is 28.7 Å². The van der Waals surface area contributed by atoms with Gasteiger partial charge in [0, 0.05) is 18.0 Å². The first-order chi connectivity index (χ1) is 10.0. The van der Waals surface area contributed by atoms with Gasteiger partial charge in [0.2, 0.25) is 0 Å².